The van der Waals surface area contributed by atoms with E-state index >= 15 is 0 Å². The van der Waals surface area contributed by atoms with Crippen molar-refractivity contribution in [2.45, 2.75) is 38.6 Å². The van der Waals surface area contributed by atoms with Gasteiger partial charge in [-0.1, -0.05) is 6.92 Å². The molecule has 0 unspecified atom stereocenters. The Morgan fingerprint density at radius 1 is 1.80 bits per heavy atom. The van der Waals surface area contributed by atoms with Crippen LogP contribution in [0.2, 0.25) is 0 Å². The molecular formula is C10H15N3O2. The van der Waals surface area contributed by atoms with Crippen molar-refractivity contribution in [3.63, 3.8) is 0 Å². The second-order valence-electron chi connectivity index (χ2n) is 3.61. The van der Waals surface area contributed by atoms with Crippen molar-refractivity contribution in [1.82, 2.24) is 4.90 Å². The van der Waals surface area contributed by atoms with Gasteiger partial charge >= 0.3 is 5.97 Å². The second-order valence-corrected chi connectivity index (χ2v) is 3.61. The number of amidine groups is 1. The van der Waals surface area contributed by atoms with Crippen LogP contribution < -0.4 is 0 Å². The highest BCUT2D eigenvalue weighted by Crippen LogP contribution is 2.22. The second kappa shape index (κ2) is 5.35. The summed E-state index contributed by atoms with van der Waals surface area (Å²) in [6.07, 6.45) is 4.33. The Morgan fingerprint density at radius 2 is 2.53 bits per heavy atom. The molecular weight excluding hydrogens is 194 g/mol. The average molecular weight is 209 g/mol. The molecule has 15 heavy (non-hydrogen) atoms. The third kappa shape index (κ3) is 2.94. The lowest BCUT2D eigenvalue weighted by Crippen LogP contribution is -2.35. The van der Waals surface area contributed by atoms with Gasteiger partial charge in [-0.25, -0.2) is 0 Å². The fourth-order valence-corrected chi connectivity index (χ4v) is 1.95. The summed E-state index contributed by atoms with van der Waals surface area (Å²) in [4.78, 5) is 16.3. The van der Waals surface area contributed by atoms with E-state index in [1.807, 2.05) is 11.8 Å². The van der Waals surface area contributed by atoms with Crippen LogP contribution in [0.3, 0.4) is 0 Å². The van der Waals surface area contributed by atoms with Gasteiger partial charge in [-0.05, 0) is 12.8 Å². The molecule has 0 saturated carbocycles. The molecule has 1 aliphatic rings. The van der Waals surface area contributed by atoms with Crippen LogP contribution in [0.4, 0.5) is 0 Å². The molecule has 0 aromatic rings. The van der Waals surface area contributed by atoms with Crippen molar-refractivity contribution in [3.8, 4) is 6.19 Å². The zero-order valence-corrected chi connectivity index (χ0v) is 8.81. The highest BCUT2D eigenvalue weighted by Gasteiger charge is 2.30. The normalized spacial score (nSPS) is 23.1. The number of nitrogens with zero attached hydrogens (tertiary/aromatic N) is 3. The summed E-state index contributed by atoms with van der Waals surface area (Å²) >= 11 is 0. The summed E-state index contributed by atoms with van der Waals surface area (Å²) in [7, 11) is 0. The molecule has 0 aliphatic carbocycles. The lowest BCUT2D eigenvalue weighted by atomic mass is 10.1. The number of aliphatic carboxylic acids is 1. The van der Waals surface area contributed by atoms with Gasteiger partial charge in [0.2, 0.25) is 6.19 Å². The van der Waals surface area contributed by atoms with E-state index in [1.54, 1.807) is 6.19 Å². The Kier molecular flexibility index (Phi) is 4.10. The molecule has 1 saturated heterocycles. The van der Waals surface area contributed by atoms with Crippen LogP contribution in [0.1, 0.15) is 32.6 Å². The van der Waals surface area contributed by atoms with Crippen molar-refractivity contribution in [2.75, 3.05) is 6.54 Å². The van der Waals surface area contributed by atoms with Gasteiger partial charge in [-0.15, -0.1) is 0 Å². The van der Waals surface area contributed by atoms with Gasteiger partial charge in [-0.2, -0.15) is 10.3 Å². The van der Waals surface area contributed by atoms with E-state index in [2.05, 4.69) is 4.99 Å². The zero-order valence-electron chi connectivity index (χ0n) is 8.81. The molecule has 0 radical (unpaired) electrons. The van der Waals surface area contributed by atoms with E-state index in [1.165, 1.54) is 0 Å². The highest BCUT2D eigenvalue weighted by molar-refractivity contribution is 5.86. The van der Waals surface area contributed by atoms with E-state index < -0.39 is 5.97 Å². The molecule has 0 aromatic heterocycles. The molecule has 1 atom stereocenters. The molecule has 1 heterocycles. The molecule has 1 aliphatic heterocycles. The topological polar surface area (TPSA) is 76.7 Å². The fraction of sp³-hybridized carbons (Fsp3) is 0.700. The number of carboxylic acids is 1. The van der Waals surface area contributed by atoms with Gasteiger partial charge in [0.15, 0.2) is 0 Å². The van der Waals surface area contributed by atoms with Crippen LogP contribution in [0.15, 0.2) is 4.99 Å². The van der Waals surface area contributed by atoms with Gasteiger partial charge in [-0.3, -0.25) is 4.79 Å². The molecule has 1 N–H and O–H groups in total. The smallest absolute Gasteiger partial charge is 0.305 e. The predicted octanol–water partition coefficient (Wildman–Crippen LogP) is 1.22. The molecule has 82 valence electrons. The number of likely N-dealkylation sites (tertiary alicyclic amines) is 1. The Balaban J connectivity index is 2.71. The van der Waals surface area contributed by atoms with Crippen LogP contribution in [0.25, 0.3) is 0 Å². The van der Waals surface area contributed by atoms with Gasteiger partial charge in [0.1, 0.15) is 5.84 Å². The third-order valence-corrected chi connectivity index (χ3v) is 2.53. The Hall–Kier alpha value is -1.57. The van der Waals surface area contributed by atoms with Crippen molar-refractivity contribution < 1.29 is 9.90 Å². The molecule has 0 spiro atoms. The van der Waals surface area contributed by atoms with Gasteiger partial charge < -0.3 is 10.0 Å². The van der Waals surface area contributed by atoms with E-state index in [9.17, 15) is 4.79 Å². The predicted molar refractivity (Wildman–Crippen MR) is 55.3 cm³/mol. The summed E-state index contributed by atoms with van der Waals surface area (Å²) in [5.74, 6) is -0.0510. The van der Waals surface area contributed by atoms with Crippen molar-refractivity contribution in [2.24, 2.45) is 4.99 Å². The number of carbonyl (C=O) groups is 1. The number of hydrogen-bond donors (Lipinski definition) is 1. The minimum Gasteiger partial charge on any atom is -0.481 e. The molecule has 1 rings (SSSR count). The first-order valence-corrected chi connectivity index (χ1v) is 5.13. The Bertz CT molecular complexity index is 306. The maximum Gasteiger partial charge on any atom is 0.305 e. The number of aliphatic imine (C=N–C) groups is 1. The molecule has 5 nitrogen and oxygen atoms in total. The maximum atomic E-state index is 10.6. The summed E-state index contributed by atoms with van der Waals surface area (Å²) in [6.45, 7) is 2.80. The SMILES string of the molecule is CCCN1C(=NC#N)CC[C@@H]1CC(=O)O. The first-order chi connectivity index (χ1) is 7.19. The maximum absolute atomic E-state index is 10.6. The quantitative estimate of drug-likeness (QED) is 0.706. The first kappa shape index (κ1) is 11.5. The fourth-order valence-electron chi connectivity index (χ4n) is 1.95. The molecule has 0 amide bonds. The van der Waals surface area contributed by atoms with Gasteiger partial charge in [0.05, 0.1) is 6.42 Å². The van der Waals surface area contributed by atoms with Gasteiger partial charge in [0.25, 0.3) is 0 Å². The van der Waals surface area contributed by atoms with E-state index in [-0.39, 0.29) is 12.5 Å². The summed E-state index contributed by atoms with van der Waals surface area (Å²) in [6, 6.07) is 0.00884. The summed E-state index contributed by atoms with van der Waals surface area (Å²) in [5, 5.41) is 17.2. The molecule has 0 bridgehead atoms. The largest absolute Gasteiger partial charge is 0.481 e. The standard InChI is InChI=1S/C10H15N3O2/c1-2-5-13-8(6-10(14)15)3-4-9(13)12-7-11/h8H,2-6H2,1H3,(H,14,15)/t8-/m1/s1. The molecule has 5 heteroatoms. The van der Waals surface area contributed by atoms with Crippen molar-refractivity contribution >= 4 is 11.8 Å². The minimum absolute atomic E-state index is 0.00884. The summed E-state index contributed by atoms with van der Waals surface area (Å²) < 4.78 is 0. The van der Waals surface area contributed by atoms with Crippen molar-refractivity contribution in [1.29, 1.82) is 5.26 Å². The van der Waals surface area contributed by atoms with Crippen LogP contribution in [-0.4, -0.2) is 34.4 Å². The Morgan fingerprint density at radius 3 is 3.07 bits per heavy atom. The lowest BCUT2D eigenvalue weighted by Gasteiger charge is -2.24. The number of hydrogen-bond acceptors (Lipinski definition) is 3. The third-order valence-electron chi connectivity index (χ3n) is 2.53. The lowest BCUT2D eigenvalue weighted by molar-refractivity contribution is -0.138. The van der Waals surface area contributed by atoms with E-state index in [0.717, 1.165) is 25.2 Å². The Labute approximate surface area is 89.0 Å². The monoisotopic (exact) mass is 209 g/mol. The average Bonchev–Trinajstić information content (AvgIpc) is 2.51. The summed E-state index contributed by atoms with van der Waals surface area (Å²) in [5.41, 5.74) is 0. The zero-order chi connectivity index (χ0) is 11.3. The van der Waals surface area contributed by atoms with Crippen LogP contribution >= 0.6 is 0 Å². The highest BCUT2D eigenvalue weighted by atomic mass is 16.4. The van der Waals surface area contributed by atoms with Crippen molar-refractivity contribution in [3.05, 3.63) is 0 Å². The van der Waals surface area contributed by atoms with Crippen LogP contribution in [0, 0.1) is 11.5 Å². The minimum atomic E-state index is -0.792. The van der Waals surface area contributed by atoms with Gasteiger partial charge in [0, 0.05) is 19.0 Å². The number of carboxylic acid groups (broad SMARTS) is 1. The number of nitriles is 1. The number of rotatable bonds is 4. The first-order valence-electron chi connectivity index (χ1n) is 5.13. The van der Waals surface area contributed by atoms with E-state index in [0.29, 0.717) is 6.42 Å². The van der Waals surface area contributed by atoms with E-state index in [4.69, 9.17) is 10.4 Å². The molecule has 1 fully saturated rings. The molecule has 0 aromatic carbocycles. The van der Waals surface area contributed by atoms with Crippen LogP contribution in [-0.2, 0) is 4.79 Å². The van der Waals surface area contributed by atoms with Crippen LogP contribution in [0.5, 0.6) is 0 Å².